The highest BCUT2D eigenvalue weighted by Crippen LogP contribution is 2.23. The molecule has 2 N–H and O–H groups in total. The molecule has 2 aromatic rings. The lowest BCUT2D eigenvalue weighted by atomic mass is 10.3. The van der Waals surface area contributed by atoms with Crippen molar-refractivity contribution >= 4 is 27.4 Å². The van der Waals surface area contributed by atoms with Crippen molar-refractivity contribution in [3.8, 4) is 0 Å². The molecule has 0 spiro atoms. The first-order valence-electron chi connectivity index (χ1n) is 5.67. The summed E-state index contributed by atoms with van der Waals surface area (Å²) in [6.45, 7) is 0.993. The number of hydrogen-bond acceptors (Lipinski definition) is 5. The zero-order chi connectivity index (χ0) is 14.0. The largest absolute Gasteiger partial charge is 0.401 e. The second-order valence-electron chi connectivity index (χ2n) is 4.08. The van der Waals surface area contributed by atoms with E-state index in [9.17, 15) is 13.2 Å². The molecule has 0 aliphatic rings. The monoisotopic (exact) mass is 290 g/mol. The summed E-state index contributed by atoms with van der Waals surface area (Å²) in [5, 5.41) is 2.57. The van der Waals surface area contributed by atoms with Gasteiger partial charge in [-0.25, -0.2) is 9.97 Å². The standard InChI is InChI=1S/C11H13F3N4S/c1-2-18(6-11(12,13)14)5-8-16-9(15)7-3-4-19-10(7)17-8/h3-4H,2,5-6H2,1H3,(H2,15,16,17). The third-order valence-electron chi connectivity index (χ3n) is 2.62. The number of hydrogen-bond donors (Lipinski definition) is 1. The number of nitrogens with two attached hydrogens (primary N) is 1. The molecule has 104 valence electrons. The van der Waals surface area contributed by atoms with Gasteiger partial charge in [-0.1, -0.05) is 6.92 Å². The second kappa shape index (κ2) is 5.30. The van der Waals surface area contributed by atoms with Crippen LogP contribution >= 0.6 is 11.3 Å². The first-order chi connectivity index (χ1) is 8.89. The molecule has 0 aliphatic heterocycles. The van der Waals surface area contributed by atoms with Gasteiger partial charge < -0.3 is 5.73 Å². The van der Waals surface area contributed by atoms with E-state index in [4.69, 9.17) is 5.73 Å². The van der Waals surface area contributed by atoms with Crippen molar-refractivity contribution in [2.45, 2.75) is 19.6 Å². The molecule has 2 rings (SSSR count). The molecule has 0 aromatic carbocycles. The maximum Gasteiger partial charge on any atom is 0.401 e. The van der Waals surface area contributed by atoms with E-state index in [1.165, 1.54) is 16.2 Å². The number of aromatic nitrogens is 2. The first kappa shape index (κ1) is 14.0. The summed E-state index contributed by atoms with van der Waals surface area (Å²) in [5.41, 5.74) is 5.76. The van der Waals surface area contributed by atoms with Gasteiger partial charge >= 0.3 is 6.18 Å². The average Bonchev–Trinajstić information content (AvgIpc) is 2.74. The average molecular weight is 290 g/mol. The van der Waals surface area contributed by atoms with Gasteiger partial charge in [0.25, 0.3) is 0 Å². The van der Waals surface area contributed by atoms with Gasteiger partial charge in [0.2, 0.25) is 0 Å². The Bertz CT molecular complexity index is 567. The number of anilines is 1. The molecule has 8 heteroatoms. The predicted octanol–water partition coefficient (Wildman–Crippen LogP) is 2.66. The summed E-state index contributed by atoms with van der Waals surface area (Å²) in [6, 6.07) is 1.80. The van der Waals surface area contributed by atoms with E-state index < -0.39 is 12.7 Å². The molecule has 0 amide bonds. The fraction of sp³-hybridized carbons (Fsp3) is 0.455. The molecule has 0 aliphatic carbocycles. The summed E-state index contributed by atoms with van der Waals surface area (Å²) in [6.07, 6.45) is -4.23. The van der Waals surface area contributed by atoms with E-state index in [2.05, 4.69) is 9.97 Å². The van der Waals surface area contributed by atoms with Crippen LogP contribution in [0.3, 0.4) is 0 Å². The summed E-state index contributed by atoms with van der Waals surface area (Å²) in [4.78, 5) is 10.2. The van der Waals surface area contributed by atoms with E-state index in [0.29, 0.717) is 16.5 Å². The maximum atomic E-state index is 12.4. The molecule has 0 bridgehead atoms. The molecule has 0 atom stereocenters. The summed E-state index contributed by atoms with van der Waals surface area (Å²) >= 11 is 1.39. The van der Waals surface area contributed by atoms with Gasteiger partial charge in [0.15, 0.2) is 0 Å². The Morgan fingerprint density at radius 2 is 2.11 bits per heavy atom. The topological polar surface area (TPSA) is 55.0 Å². The number of fused-ring (bicyclic) bond motifs is 1. The van der Waals surface area contributed by atoms with Crippen molar-refractivity contribution in [2.24, 2.45) is 0 Å². The smallest absolute Gasteiger partial charge is 0.383 e. The minimum Gasteiger partial charge on any atom is -0.383 e. The third-order valence-corrected chi connectivity index (χ3v) is 3.42. The fourth-order valence-corrected chi connectivity index (χ4v) is 2.52. The lowest BCUT2D eigenvalue weighted by molar-refractivity contribution is -0.146. The predicted molar refractivity (Wildman–Crippen MR) is 68.8 cm³/mol. The van der Waals surface area contributed by atoms with Crippen LogP contribution in [-0.2, 0) is 6.54 Å². The van der Waals surface area contributed by atoms with Gasteiger partial charge in [-0.2, -0.15) is 13.2 Å². The van der Waals surface area contributed by atoms with E-state index in [-0.39, 0.29) is 13.1 Å². The quantitative estimate of drug-likeness (QED) is 0.940. The summed E-state index contributed by atoms with van der Waals surface area (Å²) in [5.74, 6) is 0.628. The number of rotatable bonds is 4. The second-order valence-corrected chi connectivity index (χ2v) is 4.98. The Hall–Kier alpha value is -1.41. The van der Waals surface area contributed by atoms with Crippen molar-refractivity contribution in [1.29, 1.82) is 0 Å². The molecule has 2 aromatic heterocycles. The molecule has 0 saturated carbocycles. The Balaban J connectivity index is 2.19. The molecular formula is C11H13F3N4S. The van der Waals surface area contributed by atoms with Crippen molar-refractivity contribution in [2.75, 3.05) is 18.8 Å². The Labute approximate surface area is 112 Å². The van der Waals surface area contributed by atoms with Gasteiger partial charge in [-0.05, 0) is 18.0 Å². The van der Waals surface area contributed by atoms with E-state index in [0.717, 1.165) is 5.39 Å². The van der Waals surface area contributed by atoms with Crippen LogP contribution in [0.1, 0.15) is 12.7 Å². The van der Waals surface area contributed by atoms with Gasteiger partial charge in [-0.15, -0.1) is 11.3 Å². The van der Waals surface area contributed by atoms with Crippen LogP contribution in [0.25, 0.3) is 10.2 Å². The molecule has 0 fully saturated rings. The highest BCUT2D eigenvalue weighted by molar-refractivity contribution is 7.16. The van der Waals surface area contributed by atoms with Crippen LogP contribution in [0.2, 0.25) is 0 Å². The molecule has 0 saturated heterocycles. The summed E-state index contributed by atoms with van der Waals surface area (Å²) in [7, 11) is 0. The van der Waals surface area contributed by atoms with Crippen molar-refractivity contribution in [3.05, 3.63) is 17.3 Å². The lowest BCUT2D eigenvalue weighted by Crippen LogP contribution is -2.34. The highest BCUT2D eigenvalue weighted by atomic mass is 32.1. The van der Waals surface area contributed by atoms with E-state index in [1.54, 1.807) is 13.0 Å². The van der Waals surface area contributed by atoms with Crippen molar-refractivity contribution in [1.82, 2.24) is 14.9 Å². The Morgan fingerprint density at radius 3 is 2.74 bits per heavy atom. The van der Waals surface area contributed by atoms with Gasteiger partial charge in [0, 0.05) is 0 Å². The Morgan fingerprint density at radius 1 is 1.37 bits per heavy atom. The third kappa shape index (κ3) is 3.54. The lowest BCUT2D eigenvalue weighted by Gasteiger charge is -2.20. The molecule has 0 radical (unpaired) electrons. The normalized spacial score (nSPS) is 12.5. The van der Waals surface area contributed by atoms with Gasteiger partial charge in [0.05, 0.1) is 18.5 Å². The molecule has 19 heavy (non-hydrogen) atoms. The SMILES string of the molecule is CCN(Cc1nc(N)c2ccsc2n1)CC(F)(F)F. The van der Waals surface area contributed by atoms with E-state index in [1.807, 2.05) is 5.38 Å². The first-order valence-corrected chi connectivity index (χ1v) is 6.55. The maximum absolute atomic E-state index is 12.4. The zero-order valence-corrected chi connectivity index (χ0v) is 11.1. The Kier molecular flexibility index (Phi) is 3.91. The number of nitrogens with zero attached hydrogens (tertiary/aromatic N) is 3. The molecule has 0 unspecified atom stereocenters. The molecule has 2 heterocycles. The van der Waals surface area contributed by atoms with Crippen LogP contribution in [0.5, 0.6) is 0 Å². The minimum absolute atomic E-state index is 0.0358. The highest BCUT2D eigenvalue weighted by Gasteiger charge is 2.30. The minimum atomic E-state index is -4.23. The van der Waals surface area contributed by atoms with Crippen LogP contribution in [0.15, 0.2) is 11.4 Å². The van der Waals surface area contributed by atoms with Crippen molar-refractivity contribution in [3.63, 3.8) is 0 Å². The molecule has 4 nitrogen and oxygen atoms in total. The van der Waals surface area contributed by atoms with Gasteiger partial charge in [-0.3, -0.25) is 4.90 Å². The van der Waals surface area contributed by atoms with Crippen LogP contribution in [0, 0.1) is 0 Å². The zero-order valence-electron chi connectivity index (χ0n) is 10.2. The van der Waals surface area contributed by atoms with Crippen molar-refractivity contribution < 1.29 is 13.2 Å². The van der Waals surface area contributed by atoms with E-state index >= 15 is 0 Å². The number of nitrogen functional groups attached to an aromatic ring is 1. The van der Waals surface area contributed by atoms with Crippen LogP contribution in [0.4, 0.5) is 19.0 Å². The number of thiophene rings is 1. The molecular weight excluding hydrogens is 277 g/mol. The number of alkyl halides is 3. The fourth-order valence-electron chi connectivity index (χ4n) is 1.73. The number of halogens is 3. The summed E-state index contributed by atoms with van der Waals surface area (Å²) < 4.78 is 37.1. The van der Waals surface area contributed by atoms with Crippen LogP contribution < -0.4 is 5.73 Å². The van der Waals surface area contributed by atoms with Crippen LogP contribution in [-0.4, -0.2) is 34.1 Å². The van der Waals surface area contributed by atoms with Gasteiger partial charge in [0.1, 0.15) is 16.5 Å².